The van der Waals surface area contributed by atoms with Crippen molar-refractivity contribution in [3.8, 4) is 12.3 Å². The zero-order valence-corrected chi connectivity index (χ0v) is 16.0. The van der Waals surface area contributed by atoms with Crippen LogP contribution in [0.25, 0.3) is 17.1 Å². The van der Waals surface area contributed by atoms with E-state index in [0.717, 1.165) is 48.1 Å². The van der Waals surface area contributed by atoms with Crippen LogP contribution in [0.4, 0.5) is 0 Å². The zero-order valence-electron chi connectivity index (χ0n) is 16.0. The number of nitrogens with one attached hydrogen (secondary N) is 1. The molecular formula is C24H25N3O. The summed E-state index contributed by atoms with van der Waals surface area (Å²) in [6.07, 6.45) is 12.8. The molecule has 0 aliphatic carbocycles. The summed E-state index contributed by atoms with van der Waals surface area (Å²) in [6, 6.07) is 17.9. The predicted octanol–water partition coefficient (Wildman–Crippen LogP) is 4.21. The molecular weight excluding hydrogens is 346 g/mol. The van der Waals surface area contributed by atoms with Crippen LogP contribution >= 0.6 is 0 Å². The second-order valence-corrected chi connectivity index (χ2v) is 6.65. The van der Waals surface area contributed by atoms with Gasteiger partial charge in [-0.3, -0.25) is 4.79 Å². The molecule has 28 heavy (non-hydrogen) atoms. The van der Waals surface area contributed by atoms with Crippen molar-refractivity contribution in [1.29, 1.82) is 0 Å². The SMILES string of the molecule is C#CCn1c(CCCCCNC(=O)/C=C/c2ccccc2)nc2ccccc21. The lowest BCUT2D eigenvalue weighted by Gasteiger charge is -2.06. The van der Waals surface area contributed by atoms with Crippen molar-refractivity contribution >= 4 is 23.0 Å². The van der Waals surface area contributed by atoms with Gasteiger partial charge in [0.1, 0.15) is 5.82 Å². The van der Waals surface area contributed by atoms with Crippen LogP contribution in [-0.4, -0.2) is 22.0 Å². The van der Waals surface area contributed by atoms with Gasteiger partial charge >= 0.3 is 0 Å². The van der Waals surface area contributed by atoms with Crippen LogP contribution in [0.15, 0.2) is 60.7 Å². The number of para-hydroxylation sites is 2. The summed E-state index contributed by atoms with van der Waals surface area (Å²) in [6.45, 7) is 1.22. The van der Waals surface area contributed by atoms with Gasteiger partial charge in [0, 0.05) is 19.0 Å². The number of amides is 1. The molecule has 0 fully saturated rings. The quantitative estimate of drug-likeness (QED) is 0.348. The van der Waals surface area contributed by atoms with E-state index in [2.05, 4.69) is 21.9 Å². The summed E-state index contributed by atoms with van der Waals surface area (Å²) in [5.41, 5.74) is 3.10. The molecule has 0 bridgehead atoms. The van der Waals surface area contributed by atoms with E-state index in [1.165, 1.54) is 0 Å². The number of benzene rings is 2. The first-order valence-electron chi connectivity index (χ1n) is 9.66. The van der Waals surface area contributed by atoms with Gasteiger partial charge in [0.25, 0.3) is 0 Å². The summed E-state index contributed by atoms with van der Waals surface area (Å²) in [4.78, 5) is 16.6. The number of hydrogen-bond acceptors (Lipinski definition) is 2. The van der Waals surface area contributed by atoms with Crippen LogP contribution in [0, 0.1) is 12.3 Å². The Balaban J connectivity index is 1.40. The topological polar surface area (TPSA) is 46.9 Å². The third-order valence-corrected chi connectivity index (χ3v) is 4.59. The average Bonchev–Trinajstić information content (AvgIpc) is 3.07. The van der Waals surface area contributed by atoms with Gasteiger partial charge < -0.3 is 9.88 Å². The van der Waals surface area contributed by atoms with E-state index in [1.807, 2.05) is 54.6 Å². The predicted molar refractivity (Wildman–Crippen MR) is 115 cm³/mol. The molecule has 0 atom stereocenters. The third kappa shape index (κ3) is 5.34. The minimum atomic E-state index is -0.0559. The second kappa shape index (κ2) is 10.1. The smallest absolute Gasteiger partial charge is 0.243 e. The normalized spacial score (nSPS) is 11.0. The maximum Gasteiger partial charge on any atom is 0.243 e. The fourth-order valence-corrected chi connectivity index (χ4v) is 3.18. The highest BCUT2D eigenvalue weighted by atomic mass is 16.1. The van der Waals surface area contributed by atoms with Crippen LogP contribution in [0.3, 0.4) is 0 Å². The minimum Gasteiger partial charge on any atom is -0.353 e. The Labute approximate surface area is 166 Å². The molecule has 0 spiro atoms. The Hall–Kier alpha value is -3.32. The molecule has 3 rings (SSSR count). The maximum absolute atomic E-state index is 11.9. The number of fused-ring (bicyclic) bond motifs is 1. The molecule has 4 nitrogen and oxygen atoms in total. The van der Waals surface area contributed by atoms with Crippen molar-refractivity contribution in [3.63, 3.8) is 0 Å². The van der Waals surface area contributed by atoms with E-state index in [9.17, 15) is 4.79 Å². The number of hydrogen-bond donors (Lipinski definition) is 1. The van der Waals surface area contributed by atoms with Gasteiger partial charge in [-0.1, -0.05) is 54.8 Å². The Bertz CT molecular complexity index is 980. The van der Waals surface area contributed by atoms with Crippen LogP contribution in [-0.2, 0) is 17.8 Å². The number of nitrogens with zero attached hydrogens (tertiary/aromatic N) is 2. The summed E-state index contributed by atoms with van der Waals surface area (Å²) < 4.78 is 2.12. The van der Waals surface area contributed by atoms with E-state index in [0.29, 0.717) is 13.1 Å². The molecule has 0 radical (unpaired) electrons. The molecule has 1 amide bonds. The Kier molecular flexibility index (Phi) is 7.03. The van der Waals surface area contributed by atoms with Gasteiger partial charge in [0.05, 0.1) is 17.6 Å². The van der Waals surface area contributed by atoms with E-state index in [4.69, 9.17) is 11.4 Å². The number of unbranched alkanes of at least 4 members (excludes halogenated alkanes) is 2. The molecule has 1 N–H and O–H groups in total. The second-order valence-electron chi connectivity index (χ2n) is 6.65. The van der Waals surface area contributed by atoms with E-state index in [1.54, 1.807) is 6.08 Å². The Morgan fingerprint density at radius 1 is 1.07 bits per heavy atom. The van der Waals surface area contributed by atoms with E-state index >= 15 is 0 Å². The molecule has 0 aliphatic rings. The highest BCUT2D eigenvalue weighted by Crippen LogP contribution is 2.17. The first-order valence-corrected chi connectivity index (χ1v) is 9.66. The summed E-state index contributed by atoms with van der Waals surface area (Å²) in [7, 11) is 0. The van der Waals surface area contributed by atoms with Gasteiger partial charge in [-0.2, -0.15) is 0 Å². The van der Waals surface area contributed by atoms with Crippen LogP contribution in [0.5, 0.6) is 0 Å². The highest BCUT2D eigenvalue weighted by Gasteiger charge is 2.09. The number of rotatable bonds is 9. The van der Waals surface area contributed by atoms with Crippen LogP contribution in [0.1, 0.15) is 30.7 Å². The molecule has 0 saturated heterocycles. The van der Waals surface area contributed by atoms with Gasteiger partial charge in [0.15, 0.2) is 0 Å². The number of terminal acetylenes is 1. The van der Waals surface area contributed by atoms with Crippen molar-refractivity contribution < 1.29 is 4.79 Å². The molecule has 142 valence electrons. The first kappa shape index (κ1) is 19.4. The third-order valence-electron chi connectivity index (χ3n) is 4.59. The lowest BCUT2D eigenvalue weighted by Crippen LogP contribution is -2.22. The monoisotopic (exact) mass is 371 g/mol. The van der Waals surface area contributed by atoms with Crippen LogP contribution < -0.4 is 5.32 Å². The van der Waals surface area contributed by atoms with E-state index in [-0.39, 0.29) is 5.91 Å². The number of carbonyl (C=O) groups is 1. The fraction of sp³-hybridized carbons (Fsp3) is 0.250. The molecule has 0 saturated carbocycles. The Morgan fingerprint density at radius 3 is 2.68 bits per heavy atom. The fourth-order valence-electron chi connectivity index (χ4n) is 3.18. The molecule has 4 heteroatoms. The van der Waals surface area contributed by atoms with Gasteiger partial charge in [-0.05, 0) is 36.6 Å². The lowest BCUT2D eigenvalue weighted by molar-refractivity contribution is -0.116. The van der Waals surface area contributed by atoms with Crippen molar-refractivity contribution in [3.05, 3.63) is 72.1 Å². The number of aryl methyl sites for hydroxylation is 1. The number of aromatic nitrogens is 2. The van der Waals surface area contributed by atoms with Crippen LogP contribution in [0.2, 0.25) is 0 Å². The average molecular weight is 371 g/mol. The molecule has 0 aliphatic heterocycles. The summed E-state index contributed by atoms with van der Waals surface area (Å²) in [5, 5.41) is 2.93. The number of carbonyl (C=O) groups excluding carboxylic acids is 1. The van der Waals surface area contributed by atoms with Crippen molar-refractivity contribution in [1.82, 2.24) is 14.9 Å². The molecule has 2 aromatic carbocycles. The van der Waals surface area contributed by atoms with Gasteiger partial charge in [-0.15, -0.1) is 6.42 Å². The van der Waals surface area contributed by atoms with Crippen molar-refractivity contribution in [2.45, 2.75) is 32.2 Å². The maximum atomic E-state index is 11.9. The highest BCUT2D eigenvalue weighted by molar-refractivity contribution is 5.91. The largest absolute Gasteiger partial charge is 0.353 e. The molecule has 1 heterocycles. The molecule has 1 aromatic heterocycles. The summed E-state index contributed by atoms with van der Waals surface area (Å²) in [5.74, 6) is 3.70. The van der Waals surface area contributed by atoms with Crippen molar-refractivity contribution in [2.75, 3.05) is 6.54 Å². The lowest BCUT2D eigenvalue weighted by atomic mass is 10.2. The number of imidazole rings is 1. The van der Waals surface area contributed by atoms with Gasteiger partial charge in [-0.25, -0.2) is 4.98 Å². The van der Waals surface area contributed by atoms with Gasteiger partial charge in [0.2, 0.25) is 5.91 Å². The Morgan fingerprint density at radius 2 is 1.86 bits per heavy atom. The molecule has 3 aromatic rings. The van der Waals surface area contributed by atoms with Crippen molar-refractivity contribution in [2.24, 2.45) is 0 Å². The minimum absolute atomic E-state index is 0.0559. The zero-order chi connectivity index (χ0) is 19.6. The standard InChI is InChI=1S/C24H25N3O/c1-2-19-27-22-14-9-8-13-21(22)26-23(27)15-7-4-10-18-25-24(28)17-16-20-11-5-3-6-12-20/h1,3,5-6,8-9,11-14,16-17H,4,7,10,15,18-19H2,(H,25,28)/b17-16+. The van der Waals surface area contributed by atoms with E-state index < -0.39 is 0 Å². The summed E-state index contributed by atoms with van der Waals surface area (Å²) >= 11 is 0. The first-order chi connectivity index (χ1) is 13.8. The molecule has 0 unspecified atom stereocenters.